The molecule has 20 heavy (non-hydrogen) atoms. The van der Waals surface area contributed by atoms with Crippen LogP contribution in [0.15, 0.2) is 42.7 Å². The second-order valence-electron chi connectivity index (χ2n) is 5.34. The number of nitrogens with zero attached hydrogens (tertiary/aromatic N) is 2. The van der Waals surface area contributed by atoms with Crippen molar-refractivity contribution in [1.29, 1.82) is 0 Å². The zero-order valence-corrected chi connectivity index (χ0v) is 10.8. The summed E-state index contributed by atoms with van der Waals surface area (Å²) in [6, 6.07) is 9.71. The first-order chi connectivity index (χ1) is 9.75. The summed E-state index contributed by atoms with van der Waals surface area (Å²) in [5.74, 6) is -0.597. The lowest BCUT2D eigenvalue weighted by Gasteiger charge is -2.22. The van der Waals surface area contributed by atoms with Crippen molar-refractivity contribution in [3.63, 3.8) is 0 Å². The molecule has 3 nitrogen and oxygen atoms in total. The van der Waals surface area contributed by atoms with E-state index in [0.29, 0.717) is 5.56 Å². The van der Waals surface area contributed by atoms with E-state index < -0.39 is 5.82 Å². The van der Waals surface area contributed by atoms with Gasteiger partial charge in [0.2, 0.25) is 0 Å². The molecule has 1 aromatic heterocycles. The number of fused-ring (bicyclic) bond motifs is 5. The van der Waals surface area contributed by atoms with Gasteiger partial charge in [-0.15, -0.1) is 0 Å². The van der Waals surface area contributed by atoms with E-state index in [9.17, 15) is 9.18 Å². The molecule has 0 spiro atoms. The van der Waals surface area contributed by atoms with Gasteiger partial charge in [0.1, 0.15) is 5.82 Å². The molecule has 0 N–H and O–H groups in total. The van der Waals surface area contributed by atoms with Crippen LogP contribution in [0, 0.1) is 5.82 Å². The molecular formula is C16H13FN2O. The number of pyridine rings is 1. The van der Waals surface area contributed by atoms with Gasteiger partial charge in [0, 0.05) is 6.20 Å². The van der Waals surface area contributed by atoms with Gasteiger partial charge in [-0.05, 0) is 30.0 Å². The molecular weight excluding hydrogens is 255 g/mol. The van der Waals surface area contributed by atoms with Gasteiger partial charge in [-0.25, -0.2) is 4.39 Å². The van der Waals surface area contributed by atoms with Gasteiger partial charge in [0.25, 0.3) is 5.91 Å². The molecule has 4 heteroatoms. The normalized spacial score (nSPS) is 22.9. The molecule has 3 heterocycles. The summed E-state index contributed by atoms with van der Waals surface area (Å²) in [6.45, 7) is 0. The zero-order chi connectivity index (χ0) is 13.7. The van der Waals surface area contributed by atoms with Gasteiger partial charge >= 0.3 is 0 Å². The Morgan fingerprint density at radius 2 is 1.80 bits per heavy atom. The molecule has 2 unspecified atom stereocenters. The Kier molecular flexibility index (Phi) is 2.39. The maximum atomic E-state index is 13.3. The minimum absolute atomic E-state index is 0.124. The smallest absolute Gasteiger partial charge is 0.256 e. The molecule has 0 saturated carbocycles. The third-order valence-electron chi connectivity index (χ3n) is 4.29. The predicted molar refractivity (Wildman–Crippen MR) is 71.5 cm³/mol. The summed E-state index contributed by atoms with van der Waals surface area (Å²) in [5.41, 5.74) is 2.80. The van der Waals surface area contributed by atoms with Crippen LogP contribution in [-0.2, 0) is 0 Å². The van der Waals surface area contributed by atoms with Crippen molar-refractivity contribution in [3.05, 3.63) is 65.2 Å². The summed E-state index contributed by atoms with van der Waals surface area (Å²) in [7, 11) is 0. The number of rotatable bonds is 1. The van der Waals surface area contributed by atoms with Crippen LogP contribution < -0.4 is 0 Å². The van der Waals surface area contributed by atoms with Crippen molar-refractivity contribution in [2.75, 3.05) is 0 Å². The monoisotopic (exact) mass is 268 g/mol. The largest absolute Gasteiger partial charge is 0.324 e. The fraction of sp³-hybridized carbons (Fsp3) is 0.250. The summed E-state index contributed by atoms with van der Waals surface area (Å²) in [5, 5.41) is 0. The standard InChI is InChI=1S/C16H13FN2O/c17-11-7-10(8-18-9-11)16(20)19-14-5-6-15(19)13-4-2-1-3-12(13)14/h1-4,7-9,14-15H,5-6H2. The van der Waals surface area contributed by atoms with Crippen LogP contribution in [0.3, 0.4) is 0 Å². The lowest BCUT2D eigenvalue weighted by atomic mass is 9.92. The summed E-state index contributed by atoms with van der Waals surface area (Å²) < 4.78 is 13.3. The van der Waals surface area contributed by atoms with Crippen molar-refractivity contribution < 1.29 is 9.18 Å². The average molecular weight is 268 g/mol. The lowest BCUT2D eigenvalue weighted by molar-refractivity contribution is 0.0696. The second kappa shape index (κ2) is 4.13. The van der Waals surface area contributed by atoms with E-state index in [1.807, 2.05) is 17.0 Å². The summed E-state index contributed by atoms with van der Waals surface area (Å²) in [6.07, 6.45) is 4.52. The van der Waals surface area contributed by atoms with Crippen LogP contribution in [0.2, 0.25) is 0 Å². The fourth-order valence-corrected chi connectivity index (χ4v) is 3.50. The number of carbonyl (C=O) groups is 1. The number of hydrogen-bond acceptors (Lipinski definition) is 2. The maximum Gasteiger partial charge on any atom is 0.256 e. The molecule has 1 amide bonds. The van der Waals surface area contributed by atoms with Crippen LogP contribution >= 0.6 is 0 Å². The van der Waals surface area contributed by atoms with E-state index in [1.54, 1.807) is 0 Å². The van der Waals surface area contributed by atoms with Crippen LogP contribution in [0.25, 0.3) is 0 Å². The van der Waals surface area contributed by atoms with Crippen molar-refractivity contribution in [2.45, 2.75) is 24.9 Å². The molecule has 1 aromatic carbocycles. The average Bonchev–Trinajstić information content (AvgIpc) is 3.03. The summed E-state index contributed by atoms with van der Waals surface area (Å²) in [4.78, 5) is 18.3. The van der Waals surface area contributed by atoms with Gasteiger partial charge in [-0.1, -0.05) is 24.3 Å². The van der Waals surface area contributed by atoms with Gasteiger partial charge in [-0.2, -0.15) is 0 Å². The fourth-order valence-electron chi connectivity index (χ4n) is 3.50. The van der Waals surface area contributed by atoms with E-state index >= 15 is 0 Å². The summed E-state index contributed by atoms with van der Waals surface area (Å²) >= 11 is 0. The van der Waals surface area contributed by atoms with Crippen LogP contribution in [0.5, 0.6) is 0 Å². The Morgan fingerprint density at radius 1 is 1.15 bits per heavy atom. The Bertz CT molecular complexity index is 669. The van der Waals surface area contributed by atoms with Gasteiger partial charge in [-0.3, -0.25) is 9.78 Å². The molecule has 100 valence electrons. The molecule has 1 fully saturated rings. The van der Waals surface area contributed by atoms with E-state index in [-0.39, 0.29) is 18.0 Å². The highest BCUT2D eigenvalue weighted by Gasteiger charge is 2.46. The van der Waals surface area contributed by atoms with Crippen LogP contribution in [-0.4, -0.2) is 15.8 Å². The minimum Gasteiger partial charge on any atom is -0.324 e. The number of carbonyl (C=O) groups excluding carboxylic acids is 1. The molecule has 2 atom stereocenters. The molecule has 4 rings (SSSR count). The second-order valence-corrected chi connectivity index (χ2v) is 5.34. The van der Waals surface area contributed by atoms with Gasteiger partial charge < -0.3 is 4.90 Å². The number of hydrogen-bond donors (Lipinski definition) is 0. The Labute approximate surface area is 116 Å². The molecule has 2 aliphatic rings. The van der Waals surface area contributed by atoms with Crippen molar-refractivity contribution in [2.24, 2.45) is 0 Å². The third kappa shape index (κ3) is 1.51. The predicted octanol–water partition coefficient (Wildman–Crippen LogP) is 3.25. The van der Waals surface area contributed by atoms with Crippen molar-refractivity contribution >= 4 is 5.91 Å². The first kappa shape index (κ1) is 11.6. The maximum absolute atomic E-state index is 13.3. The zero-order valence-electron chi connectivity index (χ0n) is 10.8. The lowest BCUT2D eigenvalue weighted by Crippen LogP contribution is -2.28. The molecule has 0 aliphatic carbocycles. The molecule has 2 aromatic rings. The highest BCUT2D eigenvalue weighted by atomic mass is 19.1. The van der Waals surface area contributed by atoms with E-state index in [2.05, 4.69) is 17.1 Å². The third-order valence-corrected chi connectivity index (χ3v) is 4.29. The number of aromatic nitrogens is 1. The van der Waals surface area contributed by atoms with Gasteiger partial charge in [0.05, 0.1) is 23.8 Å². The van der Waals surface area contributed by atoms with Crippen molar-refractivity contribution in [3.8, 4) is 0 Å². The Morgan fingerprint density at radius 3 is 2.40 bits per heavy atom. The Balaban J connectivity index is 1.74. The molecule has 1 saturated heterocycles. The molecule has 2 bridgehead atoms. The van der Waals surface area contributed by atoms with E-state index in [4.69, 9.17) is 0 Å². The molecule has 2 aliphatic heterocycles. The highest BCUT2D eigenvalue weighted by Crippen LogP contribution is 2.53. The van der Waals surface area contributed by atoms with Crippen molar-refractivity contribution in [1.82, 2.24) is 9.88 Å². The first-order valence-corrected chi connectivity index (χ1v) is 6.78. The highest BCUT2D eigenvalue weighted by molar-refractivity contribution is 5.95. The quantitative estimate of drug-likeness (QED) is 0.795. The van der Waals surface area contributed by atoms with E-state index in [0.717, 1.165) is 19.0 Å². The topological polar surface area (TPSA) is 33.2 Å². The van der Waals surface area contributed by atoms with Crippen LogP contribution in [0.1, 0.15) is 46.4 Å². The molecule has 0 radical (unpaired) electrons. The minimum atomic E-state index is -0.472. The van der Waals surface area contributed by atoms with E-state index in [1.165, 1.54) is 23.4 Å². The first-order valence-electron chi connectivity index (χ1n) is 6.78. The number of amides is 1. The van der Waals surface area contributed by atoms with Gasteiger partial charge in [0.15, 0.2) is 0 Å². The number of benzene rings is 1. The van der Waals surface area contributed by atoms with Crippen LogP contribution in [0.4, 0.5) is 4.39 Å². The SMILES string of the molecule is O=C(c1cncc(F)c1)N1C2CCC1c1ccccc12. The number of halogens is 1. The Hall–Kier alpha value is -2.23.